The van der Waals surface area contributed by atoms with Gasteiger partial charge in [-0.05, 0) is 56.5 Å². The fourth-order valence-corrected chi connectivity index (χ4v) is 2.21. The third kappa shape index (κ3) is 4.72. The van der Waals surface area contributed by atoms with Gasteiger partial charge in [-0.1, -0.05) is 6.07 Å². The quantitative estimate of drug-likeness (QED) is 0.849. The molecule has 1 aromatic carbocycles. The Balaban J connectivity index is 2.08. The number of rotatable bonds is 6. The van der Waals surface area contributed by atoms with E-state index in [4.69, 9.17) is 10.5 Å². The summed E-state index contributed by atoms with van der Waals surface area (Å²) in [6.07, 6.45) is 1.52. The molecule has 0 amide bonds. The number of nitrogens with zero attached hydrogens (tertiary/aromatic N) is 1. The van der Waals surface area contributed by atoms with Gasteiger partial charge in [0.15, 0.2) is 0 Å². The number of hydrogen-bond donors (Lipinski definition) is 2. The zero-order valence-electron chi connectivity index (χ0n) is 12.5. The fraction of sp³-hybridized carbons (Fsp3) is 0.375. The van der Waals surface area contributed by atoms with Crippen LogP contribution in [0.1, 0.15) is 29.1 Å². The number of aromatic amines is 1. The van der Waals surface area contributed by atoms with Crippen molar-refractivity contribution in [1.29, 1.82) is 0 Å². The minimum atomic E-state index is -0.156. The van der Waals surface area contributed by atoms with E-state index >= 15 is 0 Å². The van der Waals surface area contributed by atoms with Crippen molar-refractivity contribution in [2.24, 2.45) is 5.73 Å². The Morgan fingerprint density at radius 3 is 2.57 bits per heavy atom. The number of benzene rings is 1. The van der Waals surface area contributed by atoms with E-state index in [0.717, 1.165) is 29.0 Å². The van der Waals surface area contributed by atoms with Crippen LogP contribution in [0.3, 0.4) is 0 Å². The minimum Gasteiger partial charge on any atom is -0.486 e. The van der Waals surface area contributed by atoms with Crippen LogP contribution in [0.25, 0.3) is 0 Å². The average Bonchev–Trinajstić information content (AvgIpc) is 2.41. The minimum absolute atomic E-state index is 0.156. The van der Waals surface area contributed by atoms with Crippen molar-refractivity contribution in [1.82, 2.24) is 9.97 Å². The van der Waals surface area contributed by atoms with E-state index in [2.05, 4.69) is 16.0 Å². The van der Waals surface area contributed by atoms with Gasteiger partial charge in [0.05, 0.1) is 0 Å². The molecule has 112 valence electrons. The first-order chi connectivity index (χ1) is 10.1. The molecular weight excluding hydrogens is 266 g/mol. The molecular formula is C16H21N3O2. The second-order valence-corrected chi connectivity index (χ2v) is 5.19. The van der Waals surface area contributed by atoms with Crippen molar-refractivity contribution in [2.45, 2.75) is 33.3 Å². The van der Waals surface area contributed by atoms with Gasteiger partial charge in [0, 0.05) is 11.8 Å². The summed E-state index contributed by atoms with van der Waals surface area (Å²) in [5.74, 6) is 1.32. The van der Waals surface area contributed by atoms with Crippen LogP contribution in [0.2, 0.25) is 0 Å². The maximum atomic E-state index is 11.6. The van der Waals surface area contributed by atoms with E-state index in [-0.39, 0.29) is 12.2 Å². The summed E-state index contributed by atoms with van der Waals surface area (Å²) in [7, 11) is 0. The van der Waals surface area contributed by atoms with Gasteiger partial charge in [0.25, 0.3) is 5.56 Å². The molecule has 0 radical (unpaired) electrons. The monoisotopic (exact) mass is 287 g/mol. The van der Waals surface area contributed by atoms with Crippen LogP contribution in [-0.2, 0) is 13.0 Å². The number of aryl methyl sites for hydroxylation is 3. The van der Waals surface area contributed by atoms with Gasteiger partial charge in [0.2, 0.25) is 0 Å². The molecule has 2 aromatic rings. The van der Waals surface area contributed by atoms with E-state index in [9.17, 15) is 4.79 Å². The molecule has 2 rings (SSSR count). The predicted molar refractivity (Wildman–Crippen MR) is 82.5 cm³/mol. The molecule has 0 spiro atoms. The highest BCUT2D eigenvalue weighted by molar-refractivity contribution is 5.33. The highest BCUT2D eigenvalue weighted by Crippen LogP contribution is 2.17. The molecule has 0 bridgehead atoms. The lowest BCUT2D eigenvalue weighted by Crippen LogP contribution is -2.15. The summed E-state index contributed by atoms with van der Waals surface area (Å²) in [5.41, 5.74) is 8.36. The second-order valence-electron chi connectivity index (χ2n) is 5.19. The van der Waals surface area contributed by atoms with Crippen molar-refractivity contribution in [2.75, 3.05) is 6.54 Å². The van der Waals surface area contributed by atoms with Gasteiger partial charge < -0.3 is 15.5 Å². The van der Waals surface area contributed by atoms with E-state index in [1.807, 2.05) is 26.0 Å². The maximum absolute atomic E-state index is 11.6. The van der Waals surface area contributed by atoms with Crippen LogP contribution < -0.4 is 16.0 Å². The lowest BCUT2D eigenvalue weighted by Gasteiger charge is -2.08. The molecule has 5 heteroatoms. The van der Waals surface area contributed by atoms with Crippen LogP contribution in [0, 0.1) is 13.8 Å². The summed E-state index contributed by atoms with van der Waals surface area (Å²) in [6.45, 7) is 4.87. The summed E-state index contributed by atoms with van der Waals surface area (Å²) in [5, 5.41) is 0. The molecule has 3 N–H and O–H groups in total. The summed E-state index contributed by atoms with van der Waals surface area (Å²) >= 11 is 0. The normalized spacial score (nSPS) is 10.6. The van der Waals surface area contributed by atoms with Gasteiger partial charge in [-0.2, -0.15) is 0 Å². The fourth-order valence-electron chi connectivity index (χ4n) is 2.21. The van der Waals surface area contributed by atoms with Gasteiger partial charge in [-0.3, -0.25) is 4.79 Å². The molecule has 0 fully saturated rings. The highest BCUT2D eigenvalue weighted by Gasteiger charge is 2.03. The molecule has 0 aliphatic carbocycles. The Hall–Kier alpha value is -2.14. The number of nitrogens with two attached hydrogens (primary N) is 1. The summed E-state index contributed by atoms with van der Waals surface area (Å²) in [4.78, 5) is 18.7. The van der Waals surface area contributed by atoms with Gasteiger partial charge in [-0.15, -0.1) is 0 Å². The Morgan fingerprint density at radius 2 is 1.90 bits per heavy atom. The zero-order chi connectivity index (χ0) is 15.2. The molecule has 1 aromatic heterocycles. The number of ether oxygens (including phenoxy) is 1. The highest BCUT2D eigenvalue weighted by atomic mass is 16.5. The van der Waals surface area contributed by atoms with Crippen LogP contribution in [0.5, 0.6) is 5.75 Å². The first kappa shape index (κ1) is 15.3. The number of aromatic nitrogens is 2. The molecule has 0 unspecified atom stereocenters. The lowest BCUT2D eigenvalue weighted by atomic mass is 10.1. The summed E-state index contributed by atoms with van der Waals surface area (Å²) in [6, 6.07) is 7.52. The molecule has 1 heterocycles. The zero-order valence-corrected chi connectivity index (χ0v) is 12.5. The molecule has 0 saturated carbocycles. The number of H-pyrrole nitrogens is 1. The van der Waals surface area contributed by atoms with Gasteiger partial charge in [0.1, 0.15) is 18.2 Å². The Bertz CT molecular complexity index is 645. The van der Waals surface area contributed by atoms with Crippen molar-refractivity contribution in [3.8, 4) is 5.75 Å². The van der Waals surface area contributed by atoms with Crippen molar-refractivity contribution in [3.63, 3.8) is 0 Å². The van der Waals surface area contributed by atoms with Crippen LogP contribution in [0.15, 0.2) is 29.1 Å². The number of hydrogen-bond acceptors (Lipinski definition) is 4. The topological polar surface area (TPSA) is 81.0 Å². The molecule has 0 saturated heterocycles. The van der Waals surface area contributed by atoms with E-state index < -0.39 is 0 Å². The van der Waals surface area contributed by atoms with Gasteiger partial charge in [-0.25, -0.2) is 4.98 Å². The Morgan fingerprint density at radius 1 is 1.19 bits per heavy atom. The third-order valence-electron chi connectivity index (χ3n) is 3.05. The predicted octanol–water partition coefficient (Wildman–Crippen LogP) is 1.86. The van der Waals surface area contributed by atoms with Gasteiger partial charge >= 0.3 is 0 Å². The maximum Gasteiger partial charge on any atom is 0.251 e. The summed E-state index contributed by atoms with van der Waals surface area (Å²) < 4.78 is 5.71. The first-order valence-electron chi connectivity index (χ1n) is 7.07. The lowest BCUT2D eigenvalue weighted by molar-refractivity contribution is 0.294. The van der Waals surface area contributed by atoms with Crippen LogP contribution in [0.4, 0.5) is 0 Å². The first-order valence-corrected chi connectivity index (χ1v) is 7.07. The van der Waals surface area contributed by atoms with E-state index in [1.54, 1.807) is 0 Å². The molecule has 0 atom stereocenters. The Labute approximate surface area is 124 Å². The average molecular weight is 287 g/mol. The smallest absolute Gasteiger partial charge is 0.251 e. The van der Waals surface area contributed by atoms with Crippen molar-refractivity contribution in [3.05, 3.63) is 57.3 Å². The van der Waals surface area contributed by atoms with Crippen LogP contribution >= 0.6 is 0 Å². The van der Waals surface area contributed by atoms with Crippen molar-refractivity contribution >= 4 is 0 Å². The third-order valence-corrected chi connectivity index (χ3v) is 3.05. The van der Waals surface area contributed by atoms with E-state index in [0.29, 0.717) is 18.8 Å². The largest absolute Gasteiger partial charge is 0.486 e. The SMILES string of the molecule is Cc1cc(C)cc(OCc2nc(CCCN)cc(=O)[nH]2)c1. The Kier molecular flexibility index (Phi) is 5.11. The molecule has 0 aliphatic heterocycles. The van der Waals surface area contributed by atoms with E-state index in [1.165, 1.54) is 6.07 Å². The standard InChI is InChI=1S/C16H21N3O2/c1-11-6-12(2)8-14(7-11)21-10-15-18-13(4-3-5-17)9-16(20)19-15/h6-9H,3-5,10,17H2,1-2H3,(H,18,19,20). The van der Waals surface area contributed by atoms with Crippen LogP contribution in [-0.4, -0.2) is 16.5 Å². The number of nitrogens with one attached hydrogen (secondary N) is 1. The second kappa shape index (κ2) is 7.04. The van der Waals surface area contributed by atoms with Crippen molar-refractivity contribution < 1.29 is 4.74 Å². The molecule has 0 aliphatic rings. The molecule has 5 nitrogen and oxygen atoms in total. The molecule has 21 heavy (non-hydrogen) atoms.